The van der Waals surface area contributed by atoms with E-state index in [9.17, 15) is 14.3 Å². The minimum atomic E-state index is -0.765. The van der Waals surface area contributed by atoms with Gasteiger partial charge in [0.2, 0.25) is 0 Å². The van der Waals surface area contributed by atoms with E-state index in [0.29, 0.717) is 30.2 Å². The number of methoxy groups -OCH3 is 1. The lowest BCUT2D eigenvalue weighted by molar-refractivity contribution is -0.146. The SMILES string of the molecule is COc1ccc2ncc(Cl)c([C@@H](N)CC[C@H]3CCN(CCSc4ccc(F)s4)C[C@H]3C(=O)O)c2c1. The minimum Gasteiger partial charge on any atom is -0.497 e. The number of pyridine rings is 1. The molecule has 3 N–H and O–H groups in total. The molecule has 0 amide bonds. The van der Waals surface area contributed by atoms with Crippen LogP contribution in [-0.4, -0.2) is 53.5 Å². The van der Waals surface area contributed by atoms with Gasteiger partial charge in [-0.05, 0) is 67.6 Å². The van der Waals surface area contributed by atoms with E-state index in [4.69, 9.17) is 22.1 Å². The predicted octanol–water partition coefficient (Wildman–Crippen LogP) is 5.69. The van der Waals surface area contributed by atoms with Crippen molar-refractivity contribution in [1.82, 2.24) is 9.88 Å². The van der Waals surface area contributed by atoms with Crippen LogP contribution in [0.1, 0.15) is 30.9 Å². The van der Waals surface area contributed by atoms with Crippen molar-refractivity contribution in [3.8, 4) is 5.75 Å². The number of aliphatic carboxylic acids is 1. The first-order chi connectivity index (χ1) is 16.9. The molecular weight excluding hydrogens is 509 g/mol. The first-order valence-corrected chi connectivity index (χ1v) is 13.7. The van der Waals surface area contributed by atoms with Gasteiger partial charge in [-0.2, -0.15) is 4.39 Å². The summed E-state index contributed by atoms with van der Waals surface area (Å²) < 4.78 is 19.5. The topological polar surface area (TPSA) is 88.7 Å². The Hall–Kier alpha value is -1.91. The number of nitrogens with two attached hydrogens (primary N) is 1. The summed E-state index contributed by atoms with van der Waals surface area (Å²) in [5.41, 5.74) is 8.22. The second-order valence-electron chi connectivity index (χ2n) is 8.79. The highest BCUT2D eigenvalue weighted by atomic mass is 35.5. The molecule has 4 rings (SSSR count). The number of thiophene rings is 1. The van der Waals surface area contributed by atoms with Crippen molar-refractivity contribution in [2.24, 2.45) is 17.6 Å². The molecule has 1 saturated heterocycles. The summed E-state index contributed by atoms with van der Waals surface area (Å²) in [4.78, 5) is 18.7. The Balaban J connectivity index is 1.37. The highest BCUT2D eigenvalue weighted by Crippen LogP contribution is 2.36. The molecule has 0 unspecified atom stereocenters. The maximum Gasteiger partial charge on any atom is 0.308 e. The molecule has 1 aromatic carbocycles. The number of piperidine rings is 1. The van der Waals surface area contributed by atoms with Crippen molar-refractivity contribution in [1.29, 1.82) is 0 Å². The van der Waals surface area contributed by atoms with E-state index < -0.39 is 11.9 Å². The summed E-state index contributed by atoms with van der Waals surface area (Å²) in [5, 5.41) is 11.1. The predicted molar refractivity (Wildman–Crippen MR) is 140 cm³/mol. The second kappa shape index (κ2) is 11.9. The van der Waals surface area contributed by atoms with Crippen molar-refractivity contribution in [3.63, 3.8) is 0 Å². The fraction of sp³-hybridized carbons (Fsp3) is 0.440. The Morgan fingerprint density at radius 1 is 1.43 bits per heavy atom. The third-order valence-electron chi connectivity index (χ3n) is 6.65. The fourth-order valence-corrected chi connectivity index (χ4v) is 6.95. The van der Waals surface area contributed by atoms with Crippen molar-refractivity contribution in [3.05, 3.63) is 52.2 Å². The molecule has 3 heterocycles. The maximum atomic E-state index is 13.2. The van der Waals surface area contributed by atoms with Gasteiger partial charge in [-0.15, -0.1) is 11.8 Å². The van der Waals surface area contributed by atoms with E-state index in [2.05, 4.69) is 9.88 Å². The van der Waals surface area contributed by atoms with Gasteiger partial charge in [-0.1, -0.05) is 22.9 Å². The molecular formula is C25H29ClFN3O3S2. The molecule has 1 aliphatic rings. The molecule has 188 valence electrons. The van der Waals surface area contributed by atoms with Crippen LogP contribution in [0.3, 0.4) is 0 Å². The molecule has 0 radical (unpaired) electrons. The lowest BCUT2D eigenvalue weighted by Gasteiger charge is -2.37. The van der Waals surface area contributed by atoms with E-state index in [1.54, 1.807) is 31.1 Å². The summed E-state index contributed by atoms with van der Waals surface area (Å²) in [5.74, 6) is 0.355. The zero-order valence-corrected chi connectivity index (χ0v) is 21.8. The molecule has 35 heavy (non-hydrogen) atoms. The van der Waals surface area contributed by atoms with Gasteiger partial charge in [0.05, 0.1) is 27.8 Å². The average Bonchev–Trinajstić information content (AvgIpc) is 3.27. The van der Waals surface area contributed by atoms with E-state index in [1.165, 1.54) is 6.07 Å². The molecule has 0 spiro atoms. The Labute approximate surface area is 217 Å². The van der Waals surface area contributed by atoms with Gasteiger partial charge < -0.3 is 20.5 Å². The Kier molecular flexibility index (Phi) is 8.88. The molecule has 0 saturated carbocycles. The van der Waals surface area contributed by atoms with Crippen molar-refractivity contribution < 1.29 is 19.0 Å². The summed E-state index contributed by atoms with van der Waals surface area (Å²) in [6.45, 7) is 2.14. The zero-order valence-electron chi connectivity index (χ0n) is 19.5. The van der Waals surface area contributed by atoms with Crippen molar-refractivity contribution in [2.75, 3.05) is 32.5 Å². The number of rotatable bonds is 10. The molecule has 6 nitrogen and oxygen atoms in total. The number of benzene rings is 1. The van der Waals surface area contributed by atoms with Crippen LogP contribution in [0.5, 0.6) is 5.75 Å². The minimum absolute atomic E-state index is 0.0512. The van der Waals surface area contributed by atoms with Gasteiger partial charge in [-0.25, -0.2) is 0 Å². The second-order valence-corrected chi connectivity index (χ2v) is 11.6. The highest BCUT2D eigenvalue weighted by molar-refractivity contribution is 8.01. The Morgan fingerprint density at radius 3 is 2.97 bits per heavy atom. The van der Waals surface area contributed by atoms with Crippen LogP contribution >= 0.6 is 34.7 Å². The monoisotopic (exact) mass is 537 g/mol. The zero-order chi connectivity index (χ0) is 24.9. The number of halogens is 2. The lowest BCUT2D eigenvalue weighted by atomic mass is 9.81. The number of carbonyl (C=O) groups is 1. The van der Waals surface area contributed by atoms with Crippen molar-refractivity contribution >= 4 is 51.6 Å². The van der Waals surface area contributed by atoms with Gasteiger partial charge in [0.25, 0.3) is 0 Å². The number of aromatic nitrogens is 1. The van der Waals surface area contributed by atoms with E-state index in [1.807, 2.05) is 18.2 Å². The van der Waals surface area contributed by atoms with Crippen LogP contribution < -0.4 is 10.5 Å². The number of fused-ring (bicyclic) bond motifs is 1. The number of carboxylic acid groups (broad SMARTS) is 1. The number of ether oxygens (including phenoxy) is 1. The summed E-state index contributed by atoms with van der Waals surface area (Å²) in [6.07, 6.45) is 3.76. The Morgan fingerprint density at radius 2 is 2.26 bits per heavy atom. The first kappa shape index (κ1) is 26.2. The van der Waals surface area contributed by atoms with Crippen LogP contribution in [0.15, 0.2) is 40.7 Å². The number of hydrogen-bond donors (Lipinski definition) is 2. The van der Waals surface area contributed by atoms with Gasteiger partial charge >= 0.3 is 5.97 Å². The van der Waals surface area contributed by atoms with Crippen LogP contribution in [0, 0.1) is 17.0 Å². The third-order valence-corrected chi connectivity index (χ3v) is 9.03. The number of hydrogen-bond acceptors (Lipinski definition) is 7. The quantitative estimate of drug-likeness (QED) is 0.321. The van der Waals surface area contributed by atoms with Crippen LogP contribution in [0.25, 0.3) is 10.9 Å². The summed E-state index contributed by atoms with van der Waals surface area (Å²) in [6, 6.07) is 8.54. The van der Waals surface area contributed by atoms with Gasteiger partial charge in [-0.3, -0.25) is 9.78 Å². The van der Waals surface area contributed by atoms with Gasteiger partial charge in [0.1, 0.15) is 5.75 Å². The Bertz CT molecular complexity index is 1180. The third kappa shape index (κ3) is 6.46. The first-order valence-electron chi connectivity index (χ1n) is 11.6. The van der Waals surface area contributed by atoms with Gasteiger partial charge in [0, 0.05) is 36.5 Å². The van der Waals surface area contributed by atoms with E-state index in [-0.39, 0.29) is 17.1 Å². The van der Waals surface area contributed by atoms with Gasteiger partial charge in [0.15, 0.2) is 5.13 Å². The fourth-order valence-electron chi connectivity index (χ4n) is 4.76. The molecule has 0 bridgehead atoms. The molecule has 3 aromatic rings. The smallest absolute Gasteiger partial charge is 0.308 e. The number of likely N-dealkylation sites (tertiary alicyclic amines) is 1. The maximum absolute atomic E-state index is 13.2. The summed E-state index contributed by atoms with van der Waals surface area (Å²) in [7, 11) is 1.61. The van der Waals surface area contributed by atoms with E-state index >= 15 is 0 Å². The van der Waals surface area contributed by atoms with Crippen LogP contribution in [-0.2, 0) is 4.79 Å². The largest absolute Gasteiger partial charge is 0.497 e. The number of nitrogens with zero attached hydrogens (tertiary/aromatic N) is 2. The summed E-state index contributed by atoms with van der Waals surface area (Å²) >= 11 is 9.25. The normalized spacial score (nSPS) is 19.7. The molecule has 2 aromatic heterocycles. The molecule has 1 aliphatic heterocycles. The van der Waals surface area contributed by atoms with Crippen LogP contribution in [0.2, 0.25) is 5.02 Å². The number of carboxylic acids is 1. The van der Waals surface area contributed by atoms with E-state index in [0.717, 1.165) is 57.3 Å². The number of thioether (sulfide) groups is 1. The molecule has 3 atom stereocenters. The molecule has 10 heteroatoms. The highest BCUT2D eigenvalue weighted by Gasteiger charge is 2.34. The van der Waals surface area contributed by atoms with Crippen LogP contribution in [0.4, 0.5) is 4.39 Å². The standard InChI is InChI=1S/C25H29ClFN3O3S2/c1-33-16-3-5-21-17(12-16)24(19(26)13-29-21)20(28)4-2-15-8-9-30(14-18(15)25(31)32)10-11-34-23-7-6-22(27)35-23/h3,5-7,12-13,15,18,20H,2,4,8-11,14,28H2,1H3,(H,31,32)/t15-,18+,20-/m0/s1. The van der Waals surface area contributed by atoms with Crippen molar-refractivity contribution in [2.45, 2.75) is 29.5 Å². The molecule has 1 fully saturated rings. The average molecular weight is 538 g/mol. The lowest BCUT2D eigenvalue weighted by Crippen LogP contribution is -2.44. The molecule has 0 aliphatic carbocycles.